The van der Waals surface area contributed by atoms with E-state index in [1.807, 2.05) is 0 Å². The molecule has 0 bridgehead atoms. The Labute approximate surface area is 178 Å². The summed E-state index contributed by atoms with van der Waals surface area (Å²) in [5, 5.41) is 3.95. The van der Waals surface area contributed by atoms with Gasteiger partial charge in [-0.15, -0.1) is 0 Å². The molecule has 164 valence electrons. The lowest BCUT2D eigenvalue weighted by Crippen LogP contribution is -2.37. The fraction of sp³-hybridized carbons (Fsp3) is 0.350. The third-order valence-electron chi connectivity index (χ3n) is 5.06. The first-order valence-electron chi connectivity index (χ1n) is 9.89. The van der Waals surface area contributed by atoms with Crippen LogP contribution < -0.4 is 20.9 Å². The van der Waals surface area contributed by atoms with Gasteiger partial charge < -0.3 is 20.7 Å². The summed E-state index contributed by atoms with van der Waals surface area (Å²) >= 11 is 0. The van der Waals surface area contributed by atoms with Crippen LogP contribution in [0.15, 0.2) is 42.7 Å². The predicted octanol–water partition coefficient (Wildman–Crippen LogP) is 1.79. The lowest BCUT2D eigenvalue weighted by Gasteiger charge is -2.24. The van der Waals surface area contributed by atoms with Gasteiger partial charge in [-0.05, 0) is 30.3 Å². The second-order valence-corrected chi connectivity index (χ2v) is 7.08. The Morgan fingerprint density at radius 2 is 2.03 bits per heavy atom. The Hall–Kier alpha value is -3.44. The average Bonchev–Trinajstić information content (AvgIpc) is 2.99. The van der Waals surface area contributed by atoms with E-state index in [0.717, 1.165) is 0 Å². The summed E-state index contributed by atoms with van der Waals surface area (Å²) in [4.78, 5) is 37.0. The molecule has 0 unspecified atom stereocenters. The predicted molar refractivity (Wildman–Crippen MR) is 111 cm³/mol. The highest BCUT2D eigenvalue weighted by Gasteiger charge is 2.32. The van der Waals surface area contributed by atoms with Crippen LogP contribution in [0.5, 0.6) is 0 Å². The minimum Gasteiger partial charge on any atom is -0.443 e. The van der Waals surface area contributed by atoms with Gasteiger partial charge in [-0.3, -0.25) is 14.7 Å². The lowest BCUT2D eigenvalue weighted by atomic mass is 10.2. The van der Waals surface area contributed by atoms with Crippen molar-refractivity contribution in [2.75, 3.05) is 54.4 Å². The number of hydrogen-bond donors (Lipinski definition) is 2. The SMILES string of the molecule is NC[C@H]1CN(c2ccc(N3CCON(C(=O)Nc4ccncc4)CC3)c(F)c2)C(=O)O1. The van der Waals surface area contributed by atoms with Crippen molar-refractivity contribution in [1.82, 2.24) is 10.0 Å². The van der Waals surface area contributed by atoms with E-state index in [-0.39, 0.29) is 26.2 Å². The van der Waals surface area contributed by atoms with Crippen molar-refractivity contribution < 1.29 is 23.6 Å². The second kappa shape index (κ2) is 9.14. The molecule has 2 aliphatic heterocycles. The summed E-state index contributed by atoms with van der Waals surface area (Å²) in [6.45, 7) is 1.72. The smallest absolute Gasteiger partial charge is 0.414 e. The Bertz CT molecular complexity index is 947. The van der Waals surface area contributed by atoms with Gasteiger partial charge >= 0.3 is 12.1 Å². The third kappa shape index (κ3) is 4.67. The van der Waals surface area contributed by atoms with E-state index in [0.29, 0.717) is 30.2 Å². The molecule has 2 fully saturated rings. The number of anilines is 3. The normalized spacial score (nSPS) is 19.2. The average molecular weight is 430 g/mol. The maximum atomic E-state index is 14.9. The summed E-state index contributed by atoms with van der Waals surface area (Å²) in [7, 11) is 0. The van der Waals surface area contributed by atoms with Crippen LogP contribution >= 0.6 is 0 Å². The molecule has 0 spiro atoms. The van der Waals surface area contributed by atoms with E-state index >= 15 is 0 Å². The molecule has 2 saturated heterocycles. The molecular weight excluding hydrogens is 407 g/mol. The van der Waals surface area contributed by atoms with Crippen LogP contribution in [0.4, 0.5) is 31.0 Å². The van der Waals surface area contributed by atoms with Gasteiger partial charge in [0, 0.05) is 37.7 Å². The van der Waals surface area contributed by atoms with Crippen LogP contribution in [-0.4, -0.2) is 67.6 Å². The molecule has 0 radical (unpaired) electrons. The molecule has 2 aromatic rings. The first-order chi connectivity index (χ1) is 15.0. The van der Waals surface area contributed by atoms with E-state index < -0.39 is 24.0 Å². The lowest BCUT2D eigenvalue weighted by molar-refractivity contribution is -0.100. The number of rotatable bonds is 4. The van der Waals surface area contributed by atoms with Crippen LogP contribution in [0.25, 0.3) is 0 Å². The minimum atomic E-state index is -0.540. The molecule has 3 heterocycles. The zero-order chi connectivity index (χ0) is 21.8. The number of nitrogens with zero attached hydrogens (tertiary/aromatic N) is 4. The summed E-state index contributed by atoms with van der Waals surface area (Å²) in [5.74, 6) is -0.476. The van der Waals surface area contributed by atoms with Crippen molar-refractivity contribution in [3.8, 4) is 0 Å². The number of amides is 3. The zero-order valence-corrected chi connectivity index (χ0v) is 16.7. The van der Waals surface area contributed by atoms with Crippen molar-refractivity contribution >= 4 is 29.2 Å². The van der Waals surface area contributed by atoms with Crippen molar-refractivity contribution in [3.63, 3.8) is 0 Å². The van der Waals surface area contributed by atoms with Crippen molar-refractivity contribution in [2.45, 2.75) is 6.10 Å². The number of cyclic esters (lactones) is 1. The molecule has 1 aromatic carbocycles. The maximum Gasteiger partial charge on any atom is 0.414 e. The highest BCUT2D eigenvalue weighted by atomic mass is 19.1. The Kier molecular flexibility index (Phi) is 6.14. The summed E-state index contributed by atoms with van der Waals surface area (Å²) in [6, 6.07) is 7.51. The van der Waals surface area contributed by atoms with E-state index in [4.69, 9.17) is 15.3 Å². The van der Waals surface area contributed by atoms with E-state index in [1.165, 1.54) is 16.0 Å². The van der Waals surface area contributed by atoms with Crippen LogP contribution in [0.1, 0.15) is 0 Å². The monoisotopic (exact) mass is 430 g/mol. The van der Waals surface area contributed by atoms with Crippen molar-refractivity contribution in [3.05, 3.63) is 48.5 Å². The number of nitrogens with one attached hydrogen (secondary N) is 1. The van der Waals surface area contributed by atoms with E-state index in [9.17, 15) is 14.0 Å². The number of urea groups is 1. The molecule has 3 N–H and O–H groups in total. The topological polar surface area (TPSA) is 113 Å². The van der Waals surface area contributed by atoms with Crippen molar-refractivity contribution in [1.29, 1.82) is 0 Å². The summed E-state index contributed by atoms with van der Waals surface area (Å²) < 4.78 is 20.0. The Balaban J connectivity index is 1.40. The van der Waals surface area contributed by atoms with E-state index in [2.05, 4.69) is 10.3 Å². The fourth-order valence-corrected chi connectivity index (χ4v) is 3.45. The standard InChI is InChI=1S/C20H23FN6O4/c21-17-11-15(26-13-16(12-22)31-20(26)29)1-2-18(17)25-7-8-27(30-10-9-25)19(28)24-14-3-5-23-6-4-14/h1-6,11,16H,7-10,12-13,22H2,(H,23,24,28)/t16-/m0/s1. The number of halogens is 1. The molecule has 10 nitrogen and oxygen atoms in total. The maximum absolute atomic E-state index is 14.9. The zero-order valence-electron chi connectivity index (χ0n) is 16.7. The molecule has 1 aromatic heterocycles. The fourth-order valence-electron chi connectivity index (χ4n) is 3.45. The number of hydroxylamine groups is 2. The second-order valence-electron chi connectivity index (χ2n) is 7.08. The number of benzene rings is 1. The van der Waals surface area contributed by atoms with Gasteiger partial charge in [0.1, 0.15) is 11.9 Å². The number of carbonyl (C=O) groups is 2. The third-order valence-corrected chi connectivity index (χ3v) is 5.06. The van der Waals surface area contributed by atoms with Gasteiger partial charge in [-0.25, -0.2) is 19.0 Å². The molecule has 2 aliphatic rings. The quantitative estimate of drug-likeness (QED) is 0.760. The van der Waals surface area contributed by atoms with Gasteiger partial charge in [0.15, 0.2) is 0 Å². The van der Waals surface area contributed by atoms with Crippen LogP contribution in [0.2, 0.25) is 0 Å². The molecule has 1 atom stereocenters. The van der Waals surface area contributed by atoms with Crippen LogP contribution in [0, 0.1) is 5.82 Å². The number of carbonyl (C=O) groups excluding carboxylic acids is 2. The molecule has 0 aliphatic carbocycles. The molecule has 3 amide bonds. The number of nitrogens with two attached hydrogens (primary N) is 1. The van der Waals surface area contributed by atoms with Gasteiger partial charge in [0.25, 0.3) is 0 Å². The highest BCUT2D eigenvalue weighted by Crippen LogP contribution is 2.28. The van der Waals surface area contributed by atoms with Gasteiger partial charge in [0.2, 0.25) is 0 Å². The van der Waals surface area contributed by atoms with Crippen LogP contribution in [0.3, 0.4) is 0 Å². The highest BCUT2D eigenvalue weighted by molar-refractivity contribution is 5.90. The molecule has 4 rings (SSSR count). The molecule has 31 heavy (non-hydrogen) atoms. The molecule has 11 heteroatoms. The summed E-state index contributed by atoms with van der Waals surface area (Å²) in [6.07, 6.45) is 2.21. The van der Waals surface area contributed by atoms with Gasteiger partial charge in [-0.1, -0.05) is 0 Å². The van der Waals surface area contributed by atoms with Gasteiger partial charge in [-0.2, -0.15) is 0 Å². The summed E-state index contributed by atoms with van der Waals surface area (Å²) in [5.41, 5.74) is 6.92. The number of hydrogen-bond acceptors (Lipinski definition) is 7. The number of pyridine rings is 1. The number of ether oxygens (including phenoxy) is 1. The van der Waals surface area contributed by atoms with Gasteiger partial charge in [0.05, 0.1) is 31.1 Å². The molecule has 0 saturated carbocycles. The minimum absolute atomic E-state index is 0.210. The first-order valence-corrected chi connectivity index (χ1v) is 9.89. The Morgan fingerprint density at radius 1 is 1.23 bits per heavy atom. The first kappa shape index (κ1) is 20.8. The Morgan fingerprint density at radius 3 is 2.74 bits per heavy atom. The number of aromatic nitrogens is 1. The van der Waals surface area contributed by atoms with Crippen molar-refractivity contribution in [2.24, 2.45) is 5.73 Å². The van der Waals surface area contributed by atoms with E-state index in [1.54, 1.807) is 41.6 Å². The molecular formula is C20H23FN6O4. The largest absolute Gasteiger partial charge is 0.443 e. The van der Waals surface area contributed by atoms with Crippen LogP contribution in [-0.2, 0) is 9.57 Å².